The van der Waals surface area contributed by atoms with Gasteiger partial charge in [-0.15, -0.1) is 0 Å². The minimum atomic E-state index is -2.95. The number of benzene rings is 1. The van der Waals surface area contributed by atoms with Crippen LogP contribution in [-0.2, 0) is 6.54 Å². The van der Waals surface area contributed by atoms with Crippen LogP contribution in [0.2, 0.25) is 5.02 Å². The lowest BCUT2D eigenvalue weighted by molar-refractivity contribution is -0.0400. The molecule has 2 aromatic rings. The summed E-state index contributed by atoms with van der Waals surface area (Å²) in [5, 5.41) is 6.51. The molecule has 0 saturated heterocycles. The summed E-state index contributed by atoms with van der Waals surface area (Å²) in [7, 11) is 0. The van der Waals surface area contributed by atoms with Gasteiger partial charge in [-0.05, 0) is 31.0 Å². The normalized spacial score (nSPS) is 20.3. The third kappa shape index (κ3) is 4.68. The van der Waals surface area contributed by atoms with Crippen LogP contribution in [0.5, 0.6) is 0 Å². The van der Waals surface area contributed by atoms with Crippen molar-refractivity contribution in [1.82, 2.24) is 20.0 Å². The van der Waals surface area contributed by atoms with Crippen LogP contribution in [0.25, 0.3) is 11.3 Å². The summed E-state index contributed by atoms with van der Waals surface area (Å²) in [6.45, 7) is -0.693. The van der Waals surface area contributed by atoms with Crippen LogP contribution in [0.1, 0.15) is 47.8 Å². The average Bonchev–Trinajstić information content (AvgIpc) is 3.16. The first-order valence-corrected chi connectivity index (χ1v) is 10.9. The second-order valence-corrected chi connectivity index (χ2v) is 8.88. The Bertz CT molecular complexity index is 1120. The molecule has 1 saturated carbocycles. The van der Waals surface area contributed by atoms with Crippen LogP contribution < -0.4 is 11.1 Å². The molecule has 184 valence electrons. The molecular weight excluding hydrogens is 485 g/mol. The van der Waals surface area contributed by atoms with Crippen LogP contribution in [0.3, 0.4) is 0 Å². The summed E-state index contributed by atoms with van der Waals surface area (Å²) in [6.07, 6.45) is -3.58. The molecule has 34 heavy (non-hydrogen) atoms. The van der Waals surface area contributed by atoms with E-state index >= 15 is 0 Å². The highest BCUT2D eigenvalue weighted by Gasteiger charge is 2.40. The fraction of sp³-hybridized carbons (Fsp3) is 0.476. The lowest BCUT2D eigenvalue weighted by atomic mass is 9.92. The van der Waals surface area contributed by atoms with Crippen molar-refractivity contribution in [3.8, 4) is 11.3 Å². The molecule has 1 aliphatic heterocycles. The molecule has 0 bridgehead atoms. The zero-order valence-electron chi connectivity index (χ0n) is 17.7. The highest BCUT2D eigenvalue weighted by atomic mass is 35.5. The molecular formula is C21H21ClF5N5O2. The van der Waals surface area contributed by atoms with Gasteiger partial charge in [0, 0.05) is 24.4 Å². The van der Waals surface area contributed by atoms with Crippen molar-refractivity contribution in [2.24, 2.45) is 5.73 Å². The van der Waals surface area contributed by atoms with Crippen molar-refractivity contribution >= 4 is 23.5 Å². The predicted octanol–water partition coefficient (Wildman–Crippen LogP) is 4.35. The Kier molecular flexibility index (Phi) is 6.45. The monoisotopic (exact) mass is 505 g/mol. The standard InChI is InChI=1S/C21H21ClF5N5O2/c22-12-7-10(1-2-13(12)23)17-16(19(28)33)14-8-31(9-15(18(24)25)32(14)30-17)20(34)29-11-3-5-21(26,27)6-4-11/h1-2,7,11,15,18H,3-6,8-9H2,(H2,28,33)(H,29,34). The molecule has 1 unspecified atom stereocenters. The van der Waals surface area contributed by atoms with E-state index in [0.717, 1.165) is 15.6 Å². The van der Waals surface area contributed by atoms with Gasteiger partial charge in [0.1, 0.15) is 17.6 Å². The van der Waals surface area contributed by atoms with Crippen molar-refractivity contribution in [3.63, 3.8) is 0 Å². The molecule has 4 rings (SSSR count). The zero-order valence-corrected chi connectivity index (χ0v) is 18.5. The van der Waals surface area contributed by atoms with Crippen molar-refractivity contribution in [3.05, 3.63) is 40.3 Å². The van der Waals surface area contributed by atoms with Crippen LogP contribution in [-0.4, -0.2) is 51.6 Å². The topological polar surface area (TPSA) is 93.2 Å². The van der Waals surface area contributed by atoms with Gasteiger partial charge in [-0.25, -0.2) is 26.7 Å². The van der Waals surface area contributed by atoms with E-state index in [0.29, 0.717) is 0 Å². The molecule has 0 spiro atoms. The van der Waals surface area contributed by atoms with Gasteiger partial charge >= 0.3 is 6.03 Å². The molecule has 2 heterocycles. The number of nitrogens with two attached hydrogens (primary N) is 1. The Morgan fingerprint density at radius 1 is 1.24 bits per heavy atom. The van der Waals surface area contributed by atoms with E-state index in [-0.39, 0.29) is 59.8 Å². The minimum Gasteiger partial charge on any atom is -0.365 e. The number of urea groups is 1. The van der Waals surface area contributed by atoms with E-state index in [2.05, 4.69) is 10.4 Å². The van der Waals surface area contributed by atoms with Gasteiger partial charge in [0.05, 0.1) is 29.4 Å². The number of carbonyl (C=O) groups excluding carboxylic acids is 2. The fourth-order valence-corrected chi connectivity index (χ4v) is 4.52. The number of alkyl halides is 4. The largest absolute Gasteiger partial charge is 0.365 e. The number of hydrogen-bond acceptors (Lipinski definition) is 3. The molecule has 1 aliphatic carbocycles. The van der Waals surface area contributed by atoms with E-state index in [9.17, 15) is 31.5 Å². The molecule has 2 aliphatic rings. The number of nitrogens with one attached hydrogen (secondary N) is 1. The van der Waals surface area contributed by atoms with Gasteiger partial charge in [0.2, 0.25) is 5.92 Å². The summed E-state index contributed by atoms with van der Waals surface area (Å²) in [5.74, 6) is -4.47. The fourth-order valence-electron chi connectivity index (χ4n) is 4.34. The number of primary amides is 1. The van der Waals surface area contributed by atoms with Gasteiger partial charge in [-0.1, -0.05) is 11.6 Å². The predicted molar refractivity (Wildman–Crippen MR) is 112 cm³/mol. The Morgan fingerprint density at radius 3 is 2.50 bits per heavy atom. The van der Waals surface area contributed by atoms with Gasteiger partial charge in [-0.2, -0.15) is 5.10 Å². The number of nitrogens with zero attached hydrogens (tertiary/aromatic N) is 3. The summed E-state index contributed by atoms with van der Waals surface area (Å²) in [5.41, 5.74) is 5.45. The maximum absolute atomic E-state index is 14.0. The van der Waals surface area contributed by atoms with Gasteiger partial charge < -0.3 is 16.0 Å². The maximum atomic E-state index is 14.0. The van der Waals surface area contributed by atoms with Crippen LogP contribution >= 0.6 is 11.6 Å². The number of carbonyl (C=O) groups is 2. The Hall–Kier alpha value is -2.89. The number of halogens is 6. The lowest BCUT2D eigenvalue weighted by Crippen LogP contribution is -2.51. The lowest BCUT2D eigenvalue weighted by Gasteiger charge is -2.36. The first-order chi connectivity index (χ1) is 16.0. The number of hydrogen-bond donors (Lipinski definition) is 2. The average molecular weight is 506 g/mol. The highest BCUT2D eigenvalue weighted by Crippen LogP contribution is 2.36. The van der Waals surface area contributed by atoms with Gasteiger partial charge in [0.25, 0.3) is 12.3 Å². The number of amides is 3. The van der Waals surface area contributed by atoms with Crippen LogP contribution in [0, 0.1) is 5.82 Å². The molecule has 1 aromatic carbocycles. The van der Waals surface area contributed by atoms with Crippen LogP contribution in [0.4, 0.5) is 26.7 Å². The summed E-state index contributed by atoms with van der Waals surface area (Å²) in [4.78, 5) is 26.2. The van der Waals surface area contributed by atoms with Gasteiger partial charge in [-0.3, -0.25) is 9.48 Å². The van der Waals surface area contributed by atoms with Crippen molar-refractivity contribution < 1.29 is 31.5 Å². The molecule has 0 radical (unpaired) electrons. The van der Waals surface area contributed by atoms with Crippen molar-refractivity contribution in [2.45, 2.75) is 56.7 Å². The Morgan fingerprint density at radius 2 is 1.91 bits per heavy atom. The van der Waals surface area contributed by atoms with E-state index in [1.165, 1.54) is 12.1 Å². The molecule has 13 heteroatoms. The molecule has 3 N–H and O–H groups in total. The number of rotatable bonds is 4. The minimum absolute atomic E-state index is 0.00942. The van der Waals surface area contributed by atoms with Crippen LogP contribution in [0.15, 0.2) is 18.2 Å². The van der Waals surface area contributed by atoms with Crippen molar-refractivity contribution in [2.75, 3.05) is 6.54 Å². The number of fused-ring (bicyclic) bond motifs is 1. The molecule has 1 fully saturated rings. The Labute approximate surface area is 196 Å². The molecule has 7 nitrogen and oxygen atoms in total. The Balaban J connectivity index is 1.66. The first-order valence-electron chi connectivity index (χ1n) is 10.5. The second-order valence-electron chi connectivity index (χ2n) is 8.47. The number of aromatic nitrogens is 2. The second kappa shape index (κ2) is 9.05. The third-order valence-electron chi connectivity index (χ3n) is 6.13. The van der Waals surface area contributed by atoms with E-state index in [1.54, 1.807) is 0 Å². The van der Waals surface area contributed by atoms with E-state index in [1.807, 2.05) is 0 Å². The smallest absolute Gasteiger partial charge is 0.318 e. The first kappa shape index (κ1) is 24.2. The SMILES string of the molecule is NC(=O)c1c(-c2ccc(F)c(Cl)c2)nn2c1CN(C(=O)NC1CCC(F)(F)CC1)CC2C(F)F. The molecule has 3 amide bonds. The molecule has 1 atom stereocenters. The van der Waals surface area contributed by atoms with Crippen molar-refractivity contribution in [1.29, 1.82) is 0 Å². The van der Waals surface area contributed by atoms with Gasteiger partial charge in [0.15, 0.2) is 0 Å². The van der Waals surface area contributed by atoms with E-state index < -0.39 is 48.7 Å². The third-order valence-corrected chi connectivity index (χ3v) is 6.42. The van der Waals surface area contributed by atoms with E-state index in [4.69, 9.17) is 17.3 Å². The highest BCUT2D eigenvalue weighted by molar-refractivity contribution is 6.31. The summed E-state index contributed by atoms with van der Waals surface area (Å²) >= 11 is 5.82. The quantitative estimate of drug-likeness (QED) is 0.605. The maximum Gasteiger partial charge on any atom is 0.318 e. The summed E-state index contributed by atoms with van der Waals surface area (Å²) in [6, 6.07) is 0.694. The zero-order chi connectivity index (χ0) is 24.8. The summed E-state index contributed by atoms with van der Waals surface area (Å²) < 4.78 is 69.3. The molecule has 1 aromatic heterocycles.